The van der Waals surface area contributed by atoms with Crippen LogP contribution in [0.5, 0.6) is 0 Å². The van der Waals surface area contributed by atoms with Crippen LogP contribution in [0.2, 0.25) is 0 Å². The third-order valence-electron chi connectivity index (χ3n) is 3.00. The molecule has 0 aromatic carbocycles. The maximum atomic E-state index is 12.5. The summed E-state index contributed by atoms with van der Waals surface area (Å²) >= 11 is 1.11. The highest BCUT2D eigenvalue weighted by Gasteiger charge is 2.35. The Morgan fingerprint density at radius 2 is 2.26 bits per heavy atom. The first-order chi connectivity index (χ1) is 11.0. The Morgan fingerprint density at radius 3 is 2.91 bits per heavy atom. The Balaban J connectivity index is 2.10. The zero-order valence-electron chi connectivity index (χ0n) is 12.4. The molecule has 1 atom stereocenters. The first kappa shape index (κ1) is 17.2. The highest BCUT2D eigenvalue weighted by atomic mass is 32.2. The van der Waals surface area contributed by atoms with Gasteiger partial charge in [-0.2, -0.15) is 0 Å². The second-order valence-corrected chi connectivity index (χ2v) is 5.57. The van der Waals surface area contributed by atoms with E-state index < -0.39 is 23.9 Å². The van der Waals surface area contributed by atoms with Gasteiger partial charge in [0, 0.05) is 18.4 Å². The molecule has 0 saturated carbocycles. The van der Waals surface area contributed by atoms with Crippen molar-refractivity contribution < 1.29 is 28.8 Å². The predicted octanol–water partition coefficient (Wildman–Crippen LogP) is 0.237. The van der Waals surface area contributed by atoms with Crippen LogP contribution in [0.15, 0.2) is 15.5 Å². The van der Waals surface area contributed by atoms with E-state index in [1.54, 1.807) is 0 Å². The van der Waals surface area contributed by atoms with Gasteiger partial charge in [-0.25, -0.2) is 4.79 Å². The number of rotatable bonds is 6. The second kappa shape index (κ2) is 7.40. The number of aromatic nitrogens is 1. The molecule has 0 aliphatic heterocycles. The SMILES string of the molecule is CNC(O)c1noc2c1C(=O)C(SCCNC(=O)OC)=CC2=O. The lowest BCUT2D eigenvalue weighted by molar-refractivity contribution is 0.0966. The van der Waals surface area contributed by atoms with Gasteiger partial charge >= 0.3 is 6.09 Å². The fraction of sp³-hybridized carbons (Fsp3) is 0.385. The number of alkyl carbamates (subject to hydrolysis) is 1. The standard InChI is InChI=1S/C13H15N3O6S/c1-14-12(19)9-8-10(18)7(5-6(17)11(8)22-16-9)23-4-3-15-13(20)21-2/h5,12,14,19H,3-4H2,1-2H3,(H,15,20). The summed E-state index contributed by atoms with van der Waals surface area (Å²) in [6.45, 7) is 0.263. The Hall–Kier alpha value is -2.17. The number of carbonyl (C=O) groups excluding carboxylic acids is 3. The molecule has 1 unspecified atom stereocenters. The number of aliphatic hydroxyl groups excluding tert-OH is 1. The van der Waals surface area contributed by atoms with Crippen molar-refractivity contribution >= 4 is 29.4 Å². The second-order valence-electron chi connectivity index (χ2n) is 4.43. The molecule has 0 bridgehead atoms. The normalized spacial score (nSPS) is 15.0. The van der Waals surface area contributed by atoms with Crippen molar-refractivity contribution in [3.05, 3.63) is 28.0 Å². The summed E-state index contributed by atoms with van der Waals surface area (Å²) in [5, 5.41) is 18.4. The van der Waals surface area contributed by atoms with Crippen LogP contribution in [0.4, 0.5) is 4.79 Å². The summed E-state index contributed by atoms with van der Waals surface area (Å²) in [6, 6.07) is 0. The van der Waals surface area contributed by atoms with E-state index in [2.05, 4.69) is 20.5 Å². The summed E-state index contributed by atoms with van der Waals surface area (Å²) in [5.74, 6) is -0.764. The maximum absolute atomic E-state index is 12.5. The van der Waals surface area contributed by atoms with Gasteiger partial charge in [0.2, 0.25) is 17.3 Å². The molecular formula is C13H15N3O6S. The van der Waals surface area contributed by atoms with Gasteiger partial charge in [-0.1, -0.05) is 5.16 Å². The van der Waals surface area contributed by atoms with E-state index >= 15 is 0 Å². The molecule has 23 heavy (non-hydrogen) atoms. The molecular weight excluding hydrogens is 326 g/mol. The summed E-state index contributed by atoms with van der Waals surface area (Å²) in [6.07, 6.45) is -0.634. The molecule has 0 saturated heterocycles. The first-order valence-electron chi connectivity index (χ1n) is 6.59. The van der Waals surface area contributed by atoms with E-state index in [-0.39, 0.29) is 28.5 Å². The fourth-order valence-electron chi connectivity index (χ4n) is 1.88. The Kier molecular flexibility index (Phi) is 5.53. The van der Waals surface area contributed by atoms with Gasteiger partial charge in [0.15, 0.2) is 6.23 Å². The molecule has 10 heteroatoms. The number of amides is 1. The quantitative estimate of drug-likeness (QED) is 0.492. The molecule has 1 aromatic heterocycles. The average Bonchev–Trinajstić information content (AvgIpc) is 3.00. The number of ketones is 2. The minimum absolute atomic E-state index is 0.0280. The number of hydrogen-bond acceptors (Lipinski definition) is 9. The third kappa shape index (κ3) is 3.60. The van der Waals surface area contributed by atoms with Crippen LogP contribution in [-0.2, 0) is 4.74 Å². The van der Waals surface area contributed by atoms with Crippen LogP contribution < -0.4 is 10.6 Å². The lowest BCUT2D eigenvalue weighted by Crippen LogP contribution is -2.26. The number of nitrogens with zero attached hydrogens (tertiary/aromatic N) is 1. The molecule has 1 aromatic rings. The molecule has 1 aliphatic rings. The average molecular weight is 341 g/mol. The molecule has 0 radical (unpaired) electrons. The highest BCUT2D eigenvalue weighted by molar-refractivity contribution is 8.04. The number of methoxy groups -OCH3 is 1. The molecule has 1 heterocycles. The van der Waals surface area contributed by atoms with E-state index in [9.17, 15) is 19.5 Å². The number of allylic oxidation sites excluding steroid dienone is 2. The predicted molar refractivity (Wildman–Crippen MR) is 80.1 cm³/mol. The van der Waals surface area contributed by atoms with Gasteiger partial charge in [-0.15, -0.1) is 11.8 Å². The van der Waals surface area contributed by atoms with Gasteiger partial charge < -0.3 is 19.7 Å². The van der Waals surface area contributed by atoms with Crippen LogP contribution in [0.25, 0.3) is 0 Å². The van der Waals surface area contributed by atoms with Crippen molar-refractivity contribution in [1.82, 2.24) is 15.8 Å². The number of ether oxygens (including phenoxy) is 1. The Morgan fingerprint density at radius 1 is 1.52 bits per heavy atom. The molecule has 124 valence electrons. The lowest BCUT2D eigenvalue weighted by Gasteiger charge is -2.12. The topological polar surface area (TPSA) is 131 Å². The van der Waals surface area contributed by atoms with E-state index in [0.29, 0.717) is 5.75 Å². The van der Waals surface area contributed by atoms with Gasteiger partial charge in [0.25, 0.3) is 0 Å². The monoisotopic (exact) mass is 341 g/mol. The number of aliphatic hydroxyl groups is 1. The largest absolute Gasteiger partial charge is 0.453 e. The Labute approximate surface area is 135 Å². The molecule has 1 amide bonds. The summed E-state index contributed by atoms with van der Waals surface area (Å²) in [5.41, 5.74) is -0.0671. The van der Waals surface area contributed by atoms with Crippen molar-refractivity contribution in [3.63, 3.8) is 0 Å². The lowest BCUT2D eigenvalue weighted by atomic mass is 9.99. The zero-order chi connectivity index (χ0) is 17.0. The maximum Gasteiger partial charge on any atom is 0.406 e. The van der Waals surface area contributed by atoms with Gasteiger partial charge in [-0.05, 0) is 7.05 Å². The van der Waals surface area contributed by atoms with Crippen LogP contribution in [0.3, 0.4) is 0 Å². The van der Waals surface area contributed by atoms with Crippen LogP contribution in [-0.4, -0.2) is 54.4 Å². The number of hydrogen-bond donors (Lipinski definition) is 3. The molecule has 0 spiro atoms. The van der Waals surface area contributed by atoms with E-state index in [4.69, 9.17) is 4.52 Å². The van der Waals surface area contributed by atoms with Crippen molar-refractivity contribution in [2.45, 2.75) is 6.23 Å². The van der Waals surface area contributed by atoms with Gasteiger partial charge in [-0.3, -0.25) is 14.9 Å². The number of fused-ring (bicyclic) bond motifs is 1. The number of thioether (sulfide) groups is 1. The summed E-state index contributed by atoms with van der Waals surface area (Å²) < 4.78 is 9.29. The third-order valence-corrected chi connectivity index (χ3v) is 4.02. The number of nitrogens with one attached hydrogen (secondary N) is 2. The zero-order valence-corrected chi connectivity index (χ0v) is 13.2. The minimum Gasteiger partial charge on any atom is -0.453 e. The van der Waals surface area contributed by atoms with E-state index in [1.807, 2.05) is 0 Å². The van der Waals surface area contributed by atoms with Crippen LogP contribution in [0.1, 0.15) is 32.8 Å². The molecule has 3 N–H and O–H groups in total. The van der Waals surface area contributed by atoms with Crippen molar-refractivity contribution in [3.8, 4) is 0 Å². The Bertz CT molecular complexity index is 669. The highest BCUT2D eigenvalue weighted by Crippen LogP contribution is 2.31. The van der Waals surface area contributed by atoms with Gasteiger partial charge in [0.1, 0.15) is 11.3 Å². The first-order valence-corrected chi connectivity index (χ1v) is 7.58. The van der Waals surface area contributed by atoms with Crippen molar-refractivity contribution in [2.75, 3.05) is 26.5 Å². The molecule has 9 nitrogen and oxygen atoms in total. The van der Waals surface area contributed by atoms with Crippen molar-refractivity contribution in [1.29, 1.82) is 0 Å². The molecule has 1 aliphatic carbocycles. The summed E-state index contributed by atoms with van der Waals surface area (Å²) in [7, 11) is 2.72. The molecule has 2 rings (SSSR count). The minimum atomic E-state index is -1.22. The fourth-order valence-corrected chi connectivity index (χ4v) is 2.73. The van der Waals surface area contributed by atoms with Crippen LogP contribution in [0, 0.1) is 0 Å². The van der Waals surface area contributed by atoms with Gasteiger partial charge in [0.05, 0.1) is 12.0 Å². The number of carbonyl (C=O) groups is 3. The van der Waals surface area contributed by atoms with Crippen LogP contribution >= 0.6 is 11.8 Å². The smallest absolute Gasteiger partial charge is 0.406 e. The summed E-state index contributed by atoms with van der Waals surface area (Å²) in [4.78, 5) is 35.6. The van der Waals surface area contributed by atoms with E-state index in [1.165, 1.54) is 14.2 Å². The van der Waals surface area contributed by atoms with Crippen molar-refractivity contribution in [2.24, 2.45) is 0 Å². The number of Topliss-reactive ketones (excluding diaryl/α,β-unsaturated/α-hetero) is 1. The van der Waals surface area contributed by atoms with E-state index in [0.717, 1.165) is 17.8 Å². The molecule has 0 fully saturated rings.